The summed E-state index contributed by atoms with van der Waals surface area (Å²) in [5, 5.41) is 9.46. The van der Waals surface area contributed by atoms with Crippen LogP contribution >= 0.6 is 0 Å². The smallest absolute Gasteiger partial charge is 0.409 e. The van der Waals surface area contributed by atoms with Gasteiger partial charge < -0.3 is 5.11 Å². The van der Waals surface area contributed by atoms with E-state index in [2.05, 4.69) is 0 Å². The van der Waals surface area contributed by atoms with E-state index < -0.39 is 18.1 Å². The summed E-state index contributed by atoms with van der Waals surface area (Å²) < 4.78 is 26.1. The van der Waals surface area contributed by atoms with E-state index in [0.29, 0.717) is 12.8 Å². The Morgan fingerprint density at radius 1 is 1.31 bits per heavy atom. The molecular formula is C8H13F2NO2. The summed E-state index contributed by atoms with van der Waals surface area (Å²) in [5.41, 5.74) is 0. The van der Waals surface area contributed by atoms with Gasteiger partial charge in [-0.3, -0.25) is 5.32 Å². The van der Waals surface area contributed by atoms with Crippen LogP contribution in [-0.4, -0.2) is 17.2 Å². The number of nitrogens with one attached hydrogen (secondary N) is 1. The lowest BCUT2D eigenvalue weighted by molar-refractivity contribution is -0.0926. The van der Waals surface area contributed by atoms with Gasteiger partial charge in [-0.05, 0) is 12.8 Å². The van der Waals surface area contributed by atoms with Crippen molar-refractivity contribution in [3.8, 4) is 0 Å². The van der Waals surface area contributed by atoms with E-state index in [9.17, 15) is 13.6 Å². The second kappa shape index (κ2) is 3.89. The van der Waals surface area contributed by atoms with Crippen LogP contribution < -0.4 is 5.32 Å². The topological polar surface area (TPSA) is 49.3 Å². The Kier molecular flexibility index (Phi) is 3.06. The summed E-state index contributed by atoms with van der Waals surface area (Å²) in [4.78, 5) is 10.1. The van der Waals surface area contributed by atoms with Gasteiger partial charge in [-0.2, -0.15) is 8.78 Å². The van der Waals surface area contributed by atoms with Crippen LogP contribution in [0.4, 0.5) is 13.6 Å². The normalized spacial score (nSPS) is 19.8. The molecule has 0 saturated heterocycles. The Bertz CT molecular complexity index is 191. The molecule has 0 radical (unpaired) electrons. The second-order valence-electron chi connectivity index (χ2n) is 3.39. The molecule has 5 heteroatoms. The molecule has 0 aliphatic heterocycles. The largest absolute Gasteiger partial charge is 0.465 e. The fourth-order valence-electron chi connectivity index (χ4n) is 1.71. The third-order valence-corrected chi connectivity index (χ3v) is 2.39. The van der Waals surface area contributed by atoms with Crippen molar-refractivity contribution in [1.29, 1.82) is 0 Å². The molecule has 2 N–H and O–H groups in total. The SMILES string of the molecule is O=C(O)NC(F)(F)C1CCCCC1. The lowest BCUT2D eigenvalue weighted by Crippen LogP contribution is -2.46. The molecule has 3 nitrogen and oxygen atoms in total. The van der Waals surface area contributed by atoms with Gasteiger partial charge in [0.1, 0.15) is 0 Å². The molecule has 1 aliphatic carbocycles. The van der Waals surface area contributed by atoms with E-state index in [1.165, 1.54) is 5.32 Å². The van der Waals surface area contributed by atoms with Crippen molar-refractivity contribution in [2.45, 2.75) is 38.2 Å². The number of hydrogen-bond donors (Lipinski definition) is 2. The second-order valence-corrected chi connectivity index (χ2v) is 3.39. The Morgan fingerprint density at radius 3 is 2.31 bits per heavy atom. The minimum Gasteiger partial charge on any atom is -0.465 e. The number of halogens is 2. The molecule has 0 unspecified atom stereocenters. The molecule has 0 heterocycles. The highest BCUT2D eigenvalue weighted by Crippen LogP contribution is 2.34. The Morgan fingerprint density at radius 2 is 1.85 bits per heavy atom. The van der Waals surface area contributed by atoms with Crippen LogP contribution in [0.5, 0.6) is 0 Å². The minimum absolute atomic E-state index is 0.410. The molecular weight excluding hydrogens is 180 g/mol. The van der Waals surface area contributed by atoms with Gasteiger partial charge in [0.2, 0.25) is 0 Å². The van der Waals surface area contributed by atoms with Gasteiger partial charge in [0.05, 0.1) is 0 Å². The average Bonchev–Trinajstić information content (AvgIpc) is 2.04. The highest BCUT2D eigenvalue weighted by atomic mass is 19.3. The Balaban J connectivity index is 2.50. The summed E-state index contributed by atoms with van der Waals surface area (Å²) in [6.45, 7) is 0. The molecule has 76 valence electrons. The van der Waals surface area contributed by atoms with Crippen molar-refractivity contribution < 1.29 is 18.7 Å². The molecule has 0 atom stereocenters. The standard InChI is InChI=1S/C8H13F2NO2/c9-8(10,11-7(12)13)6-4-2-1-3-5-6/h6,11H,1-5H2,(H,12,13). The lowest BCUT2D eigenvalue weighted by Gasteiger charge is -2.29. The third kappa shape index (κ3) is 2.82. The fourth-order valence-corrected chi connectivity index (χ4v) is 1.71. The van der Waals surface area contributed by atoms with Crippen molar-refractivity contribution in [3.05, 3.63) is 0 Å². The van der Waals surface area contributed by atoms with Gasteiger partial charge in [0, 0.05) is 5.92 Å². The zero-order chi connectivity index (χ0) is 9.90. The predicted molar refractivity (Wildman–Crippen MR) is 42.7 cm³/mol. The van der Waals surface area contributed by atoms with E-state index in [1.54, 1.807) is 0 Å². The Hall–Kier alpha value is -0.870. The molecule has 0 bridgehead atoms. The highest BCUT2D eigenvalue weighted by Gasteiger charge is 2.41. The molecule has 1 fully saturated rings. The van der Waals surface area contributed by atoms with Crippen molar-refractivity contribution in [1.82, 2.24) is 5.32 Å². The molecule has 0 aromatic carbocycles. The summed E-state index contributed by atoms with van der Waals surface area (Å²) in [6.07, 6.45) is 1.67. The molecule has 1 aliphatic rings. The minimum atomic E-state index is -3.26. The number of alkyl halides is 2. The summed E-state index contributed by atoms with van der Waals surface area (Å²) in [7, 11) is 0. The van der Waals surface area contributed by atoms with Crippen molar-refractivity contribution in [2.24, 2.45) is 5.92 Å². The average molecular weight is 193 g/mol. The van der Waals surface area contributed by atoms with Crippen LogP contribution in [0.2, 0.25) is 0 Å². The van der Waals surface area contributed by atoms with Gasteiger partial charge in [-0.15, -0.1) is 0 Å². The summed E-state index contributed by atoms with van der Waals surface area (Å²) in [6, 6.07) is -3.26. The molecule has 1 rings (SSSR count). The number of carboxylic acid groups (broad SMARTS) is 1. The van der Waals surface area contributed by atoms with E-state index in [0.717, 1.165) is 19.3 Å². The maximum absolute atomic E-state index is 13.1. The van der Waals surface area contributed by atoms with E-state index in [-0.39, 0.29) is 0 Å². The maximum atomic E-state index is 13.1. The fraction of sp³-hybridized carbons (Fsp3) is 0.875. The lowest BCUT2D eigenvalue weighted by atomic mass is 9.87. The van der Waals surface area contributed by atoms with Crippen molar-refractivity contribution >= 4 is 6.09 Å². The molecule has 1 amide bonds. The Labute approximate surface area is 75.1 Å². The van der Waals surface area contributed by atoms with Gasteiger partial charge in [-0.1, -0.05) is 19.3 Å². The van der Waals surface area contributed by atoms with Crippen LogP contribution in [-0.2, 0) is 0 Å². The molecule has 0 aromatic rings. The van der Waals surface area contributed by atoms with Crippen molar-refractivity contribution in [3.63, 3.8) is 0 Å². The van der Waals surface area contributed by atoms with Crippen LogP contribution in [0.25, 0.3) is 0 Å². The van der Waals surface area contributed by atoms with Gasteiger partial charge in [0.15, 0.2) is 0 Å². The number of amides is 1. The van der Waals surface area contributed by atoms with Gasteiger partial charge >= 0.3 is 12.1 Å². The molecule has 0 spiro atoms. The monoisotopic (exact) mass is 193 g/mol. The number of rotatable bonds is 2. The number of carbonyl (C=O) groups is 1. The first-order valence-corrected chi connectivity index (χ1v) is 4.41. The highest BCUT2D eigenvalue weighted by molar-refractivity contribution is 5.65. The van der Waals surface area contributed by atoms with Gasteiger partial charge in [0.25, 0.3) is 0 Å². The first kappa shape index (κ1) is 10.2. The first-order valence-electron chi connectivity index (χ1n) is 4.41. The molecule has 13 heavy (non-hydrogen) atoms. The van der Waals surface area contributed by atoms with Crippen LogP contribution in [0.3, 0.4) is 0 Å². The quantitative estimate of drug-likeness (QED) is 0.661. The molecule has 1 saturated carbocycles. The predicted octanol–water partition coefficient (Wildman–Crippen LogP) is 2.43. The summed E-state index contributed by atoms with van der Waals surface area (Å²) in [5.74, 6) is -0.822. The van der Waals surface area contributed by atoms with Crippen LogP contribution in [0.1, 0.15) is 32.1 Å². The number of hydrogen-bond acceptors (Lipinski definition) is 1. The first-order chi connectivity index (χ1) is 6.02. The van der Waals surface area contributed by atoms with E-state index in [1.807, 2.05) is 0 Å². The third-order valence-electron chi connectivity index (χ3n) is 2.39. The maximum Gasteiger partial charge on any atom is 0.409 e. The van der Waals surface area contributed by atoms with Crippen LogP contribution in [0, 0.1) is 5.92 Å². The summed E-state index contributed by atoms with van der Waals surface area (Å²) >= 11 is 0. The molecule has 0 aromatic heterocycles. The van der Waals surface area contributed by atoms with E-state index >= 15 is 0 Å². The van der Waals surface area contributed by atoms with E-state index in [4.69, 9.17) is 5.11 Å². The van der Waals surface area contributed by atoms with Gasteiger partial charge in [-0.25, -0.2) is 4.79 Å². The van der Waals surface area contributed by atoms with Crippen molar-refractivity contribution in [2.75, 3.05) is 0 Å². The van der Waals surface area contributed by atoms with Crippen LogP contribution in [0.15, 0.2) is 0 Å². The zero-order valence-corrected chi connectivity index (χ0v) is 7.22. The zero-order valence-electron chi connectivity index (χ0n) is 7.22.